The van der Waals surface area contributed by atoms with Crippen molar-refractivity contribution in [1.82, 2.24) is 0 Å². The van der Waals surface area contributed by atoms with Crippen LogP contribution in [0.5, 0.6) is 0 Å². The maximum atomic E-state index is 6.09. The molecule has 0 aliphatic heterocycles. The van der Waals surface area contributed by atoms with Gasteiger partial charge in [-0.25, -0.2) is 0 Å². The fourth-order valence-corrected chi connectivity index (χ4v) is 2.66. The van der Waals surface area contributed by atoms with E-state index >= 15 is 0 Å². The lowest BCUT2D eigenvalue weighted by atomic mass is 10.2. The molecule has 0 bridgehead atoms. The first kappa shape index (κ1) is 15.3. The number of hydrogen-bond donors (Lipinski definition) is 1. The summed E-state index contributed by atoms with van der Waals surface area (Å²) in [4.78, 5) is 0. The van der Waals surface area contributed by atoms with Gasteiger partial charge in [-0.2, -0.15) is 0 Å². The van der Waals surface area contributed by atoms with E-state index < -0.39 is 0 Å². The molecule has 1 nitrogen and oxygen atoms in total. The van der Waals surface area contributed by atoms with Crippen LogP contribution in [0.1, 0.15) is 5.56 Å². The molecule has 0 aromatic heterocycles. The van der Waals surface area contributed by atoms with Gasteiger partial charge in [0, 0.05) is 11.0 Å². The summed E-state index contributed by atoms with van der Waals surface area (Å²) in [6, 6.07) is 9.04. The maximum Gasteiger partial charge on any atom is 0.0653 e. The molecular weight excluding hydrogens is 392 g/mol. The van der Waals surface area contributed by atoms with Gasteiger partial charge in [0.1, 0.15) is 0 Å². The summed E-state index contributed by atoms with van der Waals surface area (Å²) in [5.41, 5.74) is 1.81. The summed E-state index contributed by atoms with van der Waals surface area (Å²) in [5, 5.41) is 5.31. The summed E-state index contributed by atoms with van der Waals surface area (Å²) in [7, 11) is 0. The molecule has 0 fully saturated rings. The predicted octanol–water partition coefficient (Wildman–Crippen LogP) is 6.67. The van der Waals surface area contributed by atoms with Crippen molar-refractivity contribution >= 4 is 68.0 Å². The van der Waals surface area contributed by atoms with E-state index in [0.717, 1.165) is 15.7 Å². The topological polar surface area (TPSA) is 12.0 Å². The van der Waals surface area contributed by atoms with Crippen molar-refractivity contribution in [3.8, 4) is 0 Å². The molecule has 2 rings (SSSR count). The number of hydrogen-bond acceptors (Lipinski definition) is 1. The Morgan fingerprint density at radius 3 is 2.21 bits per heavy atom. The van der Waals surface area contributed by atoms with E-state index in [-0.39, 0.29) is 0 Å². The third kappa shape index (κ3) is 3.93. The van der Waals surface area contributed by atoms with E-state index in [9.17, 15) is 0 Å². The smallest absolute Gasteiger partial charge is 0.0653 e. The molecule has 100 valence electrons. The van der Waals surface area contributed by atoms with Crippen molar-refractivity contribution in [1.29, 1.82) is 0 Å². The highest BCUT2D eigenvalue weighted by molar-refractivity contribution is 9.10. The second kappa shape index (κ2) is 6.55. The van der Waals surface area contributed by atoms with Crippen molar-refractivity contribution in [2.75, 3.05) is 5.32 Å². The number of benzene rings is 2. The SMILES string of the molecule is Clc1cc(Cl)c(NCc2ccc(Cl)c(Br)c2)cc1Cl. The second-order valence-corrected chi connectivity index (χ2v) is 6.33. The molecule has 0 saturated heterocycles. The molecule has 0 spiro atoms. The maximum absolute atomic E-state index is 6.09. The van der Waals surface area contributed by atoms with Gasteiger partial charge < -0.3 is 5.32 Å². The lowest BCUT2D eigenvalue weighted by Crippen LogP contribution is -2.00. The minimum absolute atomic E-state index is 0.437. The largest absolute Gasteiger partial charge is 0.380 e. The zero-order chi connectivity index (χ0) is 14.0. The average molecular weight is 400 g/mol. The lowest BCUT2D eigenvalue weighted by molar-refractivity contribution is 1.15. The Kier molecular flexibility index (Phi) is 5.27. The molecule has 0 aliphatic carbocycles. The summed E-state index contributed by atoms with van der Waals surface area (Å²) >= 11 is 27.2. The van der Waals surface area contributed by atoms with Crippen LogP contribution in [0.15, 0.2) is 34.8 Å². The summed E-state index contributed by atoms with van der Waals surface area (Å²) < 4.78 is 0.855. The van der Waals surface area contributed by atoms with E-state index in [4.69, 9.17) is 46.4 Å². The Balaban J connectivity index is 2.14. The Morgan fingerprint density at radius 1 is 0.842 bits per heavy atom. The minimum Gasteiger partial charge on any atom is -0.380 e. The molecule has 2 aromatic carbocycles. The van der Waals surface area contributed by atoms with Crippen molar-refractivity contribution in [2.24, 2.45) is 0 Å². The molecule has 0 radical (unpaired) electrons. The molecule has 0 aliphatic rings. The van der Waals surface area contributed by atoms with Crippen LogP contribution >= 0.6 is 62.3 Å². The van der Waals surface area contributed by atoms with Gasteiger partial charge in [0.25, 0.3) is 0 Å². The van der Waals surface area contributed by atoms with Gasteiger partial charge in [0.15, 0.2) is 0 Å². The molecule has 0 atom stereocenters. The molecule has 1 N–H and O–H groups in total. The van der Waals surface area contributed by atoms with E-state index in [1.165, 1.54) is 0 Å². The fraction of sp³-hybridized carbons (Fsp3) is 0.0769. The lowest BCUT2D eigenvalue weighted by Gasteiger charge is -2.10. The first-order valence-corrected chi connectivity index (χ1v) is 7.60. The Hall–Kier alpha value is -0.120. The Bertz CT molecular complexity index is 616. The predicted molar refractivity (Wildman–Crippen MR) is 88.0 cm³/mol. The Labute approximate surface area is 139 Å². The molecule has 2 aromatic rings. The molecule has 0 heterocycles. The standard InChI is InChI=1S/C13H8BrCl4N/c14-8-3-7(1-2-9(8)15)6-19-13-5-11(17)10(16)4-12(13)18/h1-5,19H,6H2. The van der Waals surface area contributed by atoms with Crippen molar-refractivity contribution < 1.29 is 0 Å². The molecular formula is C13H8BrCl4N. The van der Waals surface area contributed by atoms with Crippen LogP contribution in [0.25, 0.3) is 0 Å². The van der Waals surface area contributed by atoms with Crippen LogP contribution in [0.4, 0.5) is 5.69 Å². The Morgan fingerprint density at radius 2 is 1.53 bits per heavy atom. The van der Waals surface area contributed by atoms with Gasteiger partial charge in [0.05, 0.1) is 25.8 Å². The summed E-state index contributed by atoms with van der Waals surface area (Å²) in [5.74, 6) is 0. The highest BCUT2D eigenvalue weighted by Gasteiger charge is 2.06. The van der Waals surface area contributed by atoms with Gasteiger partial charge in [-0.15, -0.1) is 0 Å². The highest BCUT2D eigenvalue weighted by atomic mass is 79.9. The van der Waals surface area contributed by atoms with E-state index in [0.29, 0.717) is 26.6 Å². The van der Waals surface area contributed by atoms with Gasteiger partial charge in [-0.3, -0.25) is 0 Å². The van der Waals surface area contributed by atoms with E-state index in [1.54, 1.807) is 12.1 Å². The molecule has 6 heteroatoms. The minimum atomic E-state index is 0.437. The normalized spacial score (nSPS) is 10.6. The number of rotatable bonds is 3. The monoisotopic (exact) mass is 397 g/mol. The quantitative estimate of drug-likeness (QED) is 0.568. The summed E-state index contributed by atoms with van der Waals surface area (Å²) in [6.45, 7) is 0.605. The van der Waals surface area contributed by atoms with Crippen LogP contribution in [-0.4, -0.2) is 0 Å². The third-order valence-electron chi connectivity index (χ3n) is 2.48. The van der Waals surface area contributed by atoms with Crippen LogP contribution in [0, 0.1) is 0 Å². The number of halogens is 5. The van der Waals surface area contributed by atoms with Crippen molar-refractivity contribution in [2.45, 2.75) is 6.54 Å². The number of anilines is 1. The molecule has 19 heavy (non-hydrogen) atoms. The first-order chi connectivity index (χ1) is 8.97. The molecule has 0 saturated carbocycles. The van der Waals surface area contributed by atoms with Crippen LogP contribution in [0.3, 0.4) is 0 Å². The molecule has 0 amide bonds. The van der Waals surface area contributed by atoms with E-state index in [2.05, 4.69) is 21.2 Å². The van der Waals surface area contributed by atoms with Crippen molar-refractivity contribution in [3.63, 3.8) is 0 Å². The third-order valence-corrected chi connectivity index (χ3v) is 4.73. The zero-order valence-electron chi connectivity index (χ0n) is 9.48. The van der Waals surface area contributed by atoms with Crippen molar-refractivity contribution in [3.05, 3.63) is 60.5 Å². The van der Waals surface area contributed by atoms with Gasteiger partial charge >= 0.3 is 0 Å². The zero-order valence-corrected chi connectivity index (χ0v) is 14.1. The highest BCUT2D eigenvalue weighted by Crippen LogP contribution is 2.32. The summed E-state index contributed by atoms with van der Waals surface area (Å²) in [6.07, 6.45) is 0. The average Bonchev–Trinajstić information content (AvgIpc) is 2.36. The van der Waals surface area contributed by atoms with Gasteiger partial charge in [-0.05, 0) is 45.8 Å². The second-order valence-electron chi connectivity index (χ2n) is 3.85. The van der Waals surface area contributed by atoms with Gasteiger partial charge in [-0.1, -0.05) is 52.5 Å². The van der Waals surface area contributed by atoms with Crippen LogP contribution in [0.2, 0.25) is 20.1 Å². The molecule has 0 unspecified atom stereocenters. The fourth-order valence-electron chi connectivity index (χ4n) is 1.50. The van der Waals surface area contributed by atoms with Crippen LogP contribution in [-0.2, 0) is 6.54 Å². The van der Waals surface area contributed by atoms with Crippen LogP contribution < -0.4 is 5.32 Å². The van der Waals surface area contributed by atoms with E-state index in [1.807, 2.05) is 18.2 Å². The van der Waals surface area contributed by atoms with Gasteiger partial charge in [0.2, 0.25) is 0 Å². The number of nitrogens with one attached hydrogen (secondary N) is 1. The first-order valence-electron chi connectivity index (χ1n) is 5.29.